The van der Waals surface area contributed by atoms with Crippen molar-refractivity contribution in [3.05, 3.63) is 58.2 Å². The summed E-state index contributed by atoms with van der Waals surface area (Å²) in [6, 6.07) is 5.78. The average molecular weight is 494 g/mol. The van der Waals surface area contributed by atoms with Crippen molar-refractivity contribution in [2.75, 3.05) is 0 Å². The lowest BCUT2D eigenvalue weighted by Crippen LogP contribution is -2.40. The van der Waals surface area contributed by atoms with E-state index in [2.05, 4.69) is 32.6 Å². The van der Waals surface area contributed by atoms with Gasteiger partial charge in [-0.2, -0.15) is 26.3 Å². The predicted octanol–water partition coefficient (Wildman–Crippen LogP) is 6.21. The van der Waals surface area contributed by atoms with E-state index in [0.717, 1.165) is 24.5 Å². The zero-order valence-electron chi connectivity index (χ0n) is 13.7. The summed E-state index contributed by atoms with van der Waals surface area (Å²) >= 11 is 2.24. The lowest BCUT2D eigenvalue weighted by atomic mass is 10.3. The number of alkyl halides is 6. The van der Waals surface area contributed by atoms with Crippen LogP contribution in [-0.4, -0.2) is 23.8 Å². The van der Waals surface area contributed by atoms with E-state index in [4.69, 9.17) is 0 Å². The fraction of sp³-hybridized carbons (Fsp3) is 0.333. The molecule has 0 aliphatic carbocycles. The first-order chi connectivity index (χ1) is 11.2. The highest BCUT2D eigenvalue weighted by atomic mass is 127. The first kappa shape index (κ1) is 23.8. The van der Waals surface area contributed by atoms with Gasteiger partial charge in [-0.25, -0.2) is 0 Å². The molecular formula is C15H17F6IN2Si. The van der Waals surface area contributed by atoms with Gasteiger partial charge >= 0.3 is 12.0 Å². The highest BCUT2D eigenvalue weighted by Gasteiger charge is 2.44. The highest BCUT2D eigenvalue weighted by molar-refractivity contribution is 14.1. The molecule has 140 valence electrons. The van der Waals surface area contributed by atoms with Gasteiger partial charge in [0.25, 0.3) is 0 Å². The quantitative estimate of drug-likeness (QED) is 0.247. The first-order valence-electron chi connectivity index (χ1n) is 6.84. The van der Waals surface area contributed by atoms with Gasteiger partial charge in [0.1, 0.15) is 0 Å². The van der Waals surface area contributed by atoms with E-state index < -0.39 is 25.6 Å². The molecule has 2 heterocycles. The van der Waals surface area contributed by atoms with Crippen molar-refractivity contribution in [2.45, 2.75) is 31.6 Å². The van der Waals surface area contributed by atoms with E-state index in [0.29, 0.717) is 0 Å². The van der Waals surface area contributed by atoms with Gasteiger partial charge in [0.15, 0.2) is 8.07 Å². The third kappa shape index (κ3) is 11.1. The normalized spacial score (nSPS) is 11.6. The molecule has 2 nitrogen and oxygen atoms in total. The van der Waals surface area contributed by atoms with Crippen LogP contribution in [0.2, 0.25) is 19.6 Å². The Labute approximate surface area is 156 Å². The van der Waals surface area contributed by atoms with Crippen LogP contribution in [0.15, 0.2) is 49.1 Å². The van der Waals surface area contributed by atoms with E-state index >= 15 is 0 Å². The zero-order valence-corrected chi connectivity index (χ0v) is 16.8. The van der Waals surface area contributed by atoms with Crippen molar-refractivity contribution in [1.29, 1.82) is 0 Å². The Kier molecular flexibility index (Phi) is 9.62. The standard InChI is InChI=1S/C6H4F3N.C5H4IN.C4H9F3Si/c7-6(8,9)5-1-3-10-4-2-5;6-5-1-3-7-4-2-5;1-8(2,3)4(5,6)7/h1-4H;1-4H;1-3H3. The molecule has 0 aromatic carbocycles. The summed E-state index contributed by atoms with van der Waals surface area (Å²) < 4.78 is 71.4. The molecular weight excluding hydrogens is 477 g/mol. The number of hydrogen-bond acceptors (Lipinski definition) is 2. The maximum Gasteiger partial charge on any atom is 0.416 e. The molecule has 0 amide bonds. The largest absolute Gasteiger partial charge is 0.416 e. The number of pyridine rings is 2. The first-order valence-corrected chi connectivity index (χ1v) is 11.4. The molecule has 2 rings (SSSR count). The molecule has 2 aromatic rings. The Bertz CT molecular complexity index is 585. The lowest BCUT2D eigenvalue weighted by molar-refractivity contribution is -0.137. The Morgan fingerprint density at radius 3 is 1.24 bits per heavy atom. The van der Waals surface area contributed by atoms with Crippen LogP contribution in [0.5, 0.6) is 0 Å². The predicted molar refractivity (Wildman–Crippen MR) is 95.6 cm³/mol. The molecule has 2 aromatic heterocycles. The molecule has 0 radical (unpaired) electrons. The third-order valence-corrected chi connectivity index (χ3v) is 4.92. The molecule has 25 heavy (non-hydrogen) atoms. The van der Waals surface area contributed by atoms with E-state index in [9.17, 15) is 26.3 Å². The van der Waals surface area contributed by atoms with Crippen LogP contribution in [0.3, 0.4) is 0 Å². The van der Waals surface area contributed by atoms with Crippen molar-refractivity contribution in [3.8, 4) is 0 Å². The van der Waals surface area contributed by atoms with Crippen molar-refractivity contribution in [1.82, 2.24) is 9.97 Å². The van der Waals surface area contributed by atoms with Gasteiger partial charge in [-0.3, -0.25) is 9.97 Å². The van der Waals surface area contributed by atoms with Crippen LogP contribution in [0.1, 0.15) is 5.56 Å². The molecule has 0 aliphatic rings. The number of nitrogens with zero attached hydrogens (tertiary/aromatic N) is 2. The second kappa shape index (κ2) is 10.1. The van der Waals surface area contributed by atoms with Gasteiger partial charge in [0.2, 0.25) is 0 Å². The highest BCUT2D eigenvalue weighted by Crippen LogP contribution is 2.28. The van der Waals surface area contributed by atoms with Gasteiger partial charge in [-0.15, -0.1) is 0 Å². The van der Waals surface area contributed by atoms with Crippen LogP contribution < -0.4 is 0 Å². The van der Waals surface area contributed by atoms with Gasteiger partial charge in [0, 0.05) is 28.4 Å². The van der Waals surface area contributed by atoms with Crippen molar-refractivity contribution in [3.63, 3.8) is 0 Å². The molecule has 10 heteroatoms. The fourth-order valence-electron chi connectivity index (χ4n) is 0.875. The van der Waals surface area contributed by atoms with Gasteiger partial charge in [-0.1, -0.05) is 19.6 Å². The summed E-state index contributed by atoms with van der Waals surface area (Å²) in [4.78, 5) is 7.30. The Hall–Kier alpha value is -1.17. The molecule has 0 spiro atoms. The van der Waals surface area contributed by atoms with Crippen molar-refractivity contribution in [2.24, 2.45) is 0 Å². The van der Waals surface area contributed by atoms with Crippen molar-refractivity contribution < 1.29 is 26.3 Å². The molecule has 0 bridgehead atoms. The molecule has 0 N–H and O–H groups in total. The van der Waals surface area contributed by atoms with Gasteiger partial charge in [-0.05, 0) is 46.9 Å². The van der Waals surface area contributed by atoms with Crippen LogP contribution in [0, 0.1) is 3.57 Å². The fourth-order valence-corrected chi connectivity index (χ4v) is 1.20. The van der Waals surface area contributed by atoms with E-state index in [1.807, 2.05) is 12.1 Å². The van der Waals surface area contributed by atoms with E-state index in [-0.39, 0.29) is 0 Å². The van der Waals surface area contributed by atoms with Crippen molar-refractivity contribution >= 4 is 30.7 Å². The summed E-state index contributed by atoms with van der Waals surface area (Å²) in [6.45, 7) is 3.85. The third-order valence-electron chi connectivity index (χ3n) is 2.50. The Morgan fingerprint density at radius 1 is 0.760 bits per heavy atom. The second-order valence-electron chi connectivity index (χ2n) is 5.65. The molecule has 0 saturated heterocycles. The number of hydrogen-bond donors (Lipinski definition) is 0. The topological polar surface area (TPSA) is 25.8 Å². The zero-order chi connectivity index (χ0) is 19.7. The van der Waals surface area contributed by atoms with Gasteiger partial charge < -0.3 is 0 Å². The summed E-state index contributed by atoms with van der Waals surface area (Å²) in [5.74, 6) is -3.92. The number of rotatable bonds is 0. The van der Waals surface area contributed by atoms with E-state index in [1.165, 1.54) is 23.2 Å². The lowest BCUT2D eigenvalue weighted by Gasteiger charge is -2.19. The van der Waals surface area contributed by atoms with E-state index in [1.54, 1.807) is 12.4 Å². The minimum atomic E-state index is -4.25. The maximum atomic E-state index is 11.8. The number of halogens is 7. The van der Waals surface area contributed by atoms with Crippen LogP contribution >= 0.6 is 22.6 Å². The minimum Gasteiger partial charge on any atom is -0.265 e. The Morgan fingerprint density at radius 2 is 1.08 bits per heavy atom. The molecule has 0 saturated carbocycles. The minimum absolute atomic E-state index is 0.664. The summed E-state index contributed by atoms with van der Waals surface area (Å²) in [5, 5.41) is 0. The van der Waals surface area contributed by atoms with Crippen LogP contribution in [-0.2, 0) is 6.18 Å². The monoisotopic (exact) mass is 494 g/mol. The molecule has 0 fully saturated rings. The summed E-state index contributed by atoms with van der Waals surface area (Å²) in [5.41, 5.74) is -0.664. The van der Waals surface area contributed by atoms with Crippen LogP contribution in [0.4, 0.5) is 26.3 Å². The summed E-state index contributed by atoms with van der Waals surface area (Å²) in [6.07, 6.45) is 1.54. The van der Waals surface area contributed by atoms with Crippen LogP contribution in [0.25, 0.3) is 0 Å². The Balaban J connectivity index is 0.000000352. The SMILES string of the molecule is C[Si](C)(C)C(F)(F)F.FC(F)(F)c1ccncc1.Ic1ccncc1. The smallest absolute Gasteiger partial charge is 0.265 e. The summed E-state index contributed by atoms with van der Waals surface area (Å²) in [7, 11) is -2.86. The van der Waals surface area contributed by atoms with Gasteiger partial charge in [0.05, 0.1) is 5.56 Å². The molecule has 0 aliphatic heterocycles. The average Bonchev–Trinajstić information content (AvgIpc) is 2.47. The number of aromatic nitrogens is 2. The molecule has 0 atom stereocenters. The molecule has 0 unspecified atom stereocenters. The second-order valence-corrected chi connectivity index (χ2v) is 12.0. The maximum absolute atomic E-state index is 11.8.